The number of carbonyl (C=O) groups is 1. The summed E-state index contributed by atoms with van der Waals surface area (Å²) in [5.41, 5.74) is 0.544. The van der Waals surface area contributed by atoms with Crippen molar-refractivity contribution in [3.8, 4) is 0 Å². The minimum atomic E-state index is -0.376. The highest BCUT2D eigenvalue weighted by atomic mass is 79.9. The molecule has 1 aromatic carbocycles. The van der Waals surface area contributed by atoms with E-state index in [9.17, 15) is 9.59 Å². The summed E-state index contributed by atoms with van der Waals surface area (Å²) >= 11 is 3.33. The molecule has 2 aromatic rings. The summed E-state index contributed by atoms with van der Waals surface area (Å²) in [4.78, 5) is 23.7. The molecule has 1 N–H and O–H groups in total. The van der Waals surface area contributed by atoms with Gasteiger partial charge in [0.2, 0.25) is 0 Å². The molecule has 6 nitrogen and oxygen atoms in total. The minimum Gasteiger partial charge on any atom is -0.383 e. The third-order valence-corrected chi connectivity index (χ3v) is 3.18. The van der Waals surface area contributed by atoms with Gasteiger partial charge in [-0.15, -0.1) is 0 Å². The van der Waals surface area contributed by atoms with Crippen LogP contribution in [-0.4, -0.2) is 29.4 Å². The van der Waals surface area contributed by atoms with E-state index in [1.807, 2.05) is 12.1 Å². The van der Waals surface area contributed by atoms with E-state index >= 15 is 0 Å². The average Bonchev–Trinajstić information content (AvgIpc) is 2.46. The second-order valence-electron chi connectivity index (χ2n) is 4.24. The summed E-state index contributed by atoms with van der Waals surface area (Å²) in [5.74, 6) is -0.376. The van der Waals surface area contributed by atoms with E-state index < -0.39 is 0 Å². The molecule has 110 valence electrons. The van der Waals surface area contributed by atoms with Crippen LogP contribution >= 0.6 is 15.9 Å². The third kappa shape index (κ3) is 4.24. The SMILES string of the molecule is COCCn1nc(C(=O)Nc2cccc(Br)c2)ccc1=O. The maximum Gasteiger partial charge on any atom is 0.276 e. The number of aromatic nitrogens is 2. The molecule has 0 spiro atoms. The van der Waals surface area contributed by atoms with Crippen molar-refractivity contribution in [2.45, 2.75) is 6.54 Å². The van der Waals surface area contributed by atoms with Crippen LogP contribution in [0.25, 0.3) is 0 Å². The molecule has 0 saturated carbocycles. The van der Waals surface area contributed by atoms with Crippen molar-refractivity contribution < 1.29 is 9.53 Å². The van der Waals surface area contributed by atoms with Crippen LogP contribution in [0.5, 0.6) is 0 Å². The van der Waals surface area contributed by atoms with E-state index in [1.54, 1.807) is 12.1 Å². The van der Waals surface area contributed by atoms with Gasteiger partial charge in [-0.3, -0.25) is 9.59 Å². The van der Waals surface area contributed by atoms with Crippen molar-refractivity contribution in [3.63, 3.8) is 0 Å². The van der Waals surface area contributed by atoms with Crippen molar-refractivity contribution >= 4 is 27.5 Å². The zero-order chi connectivity index (χ0) is 15.2. The number of hydrogen-bond acceptors (Lipinski definition) is 4. The molecule has 21 heavy (non-hydrogen) atoms. The maximum atomic E-state index is 12.1. The number of carbonyl (C=O) groups excluding carboxylic acids is 1. The smallest absolute Gasteiger partial charge is 0.276 e. The fourth-order valence-corrected chi connectivity index (χ4v) is 2.07. The number of nitrogens with zero attached hydrogens (tertiary/aromatic N) is 2. The lowest BCUT2D eigenvalue weighted by Gasteiger charge is -2.07. The molecule has 0 saturated heterocycles. The summed E-state index contributed by atoms with van der Waals surface area (Å²) in [6.07, 6.45) is 0. The number of anilines is 1. The molecular weight excluding hydrogens is 338 g/mol. The summed E-state index contributed by atoms with van der Waals surface area (Å²) in [7, 11) is 1.54. The lowest BCUT2D eigenvalue weighted by atomic mass is 10.3. The van der Waals surface area contributed by atoms with Gasteiger partial charge >= 0.3 is 0 Å². The molecule has 0 bridgehead atoms. The number of halogens is 1. The molecule has 1 aromatic heterocycles. The fourth-order valence-electron chi connectivity index (χ4n) is 1.67. The van der Waals surface area contributed by atoms with E-state index in [4.69, 9.17) is 4.74 Å². The Morgan fingerprint density at radius 2 is 2.19 bits per heavy atom. The fraction of sp³-hybridized carbons (Fsp3) is 0.214. The molecule has 0 radical (unpaired) electrons. The average molecular weight is 352 g/mol. The molecule has 7 heteroatoms. The Bertz CT molecular complexity index is 700. The van der Waals surface area contributed by atoms with Crippen LogP contribution in [0.1, 0.15) is 10.5 Å². The number of benzene rings is 1. The predicted octanol–water partition coefficient (Wildman–Crippen LogP) is 1.90. The second kappa shape index (κ2) is 7.14. The molecule has 0 atom stereocenters. The molecule has 2 rings (SSSR count). The van der Waals surface area contributed by atoms with Crippen LogP contribution < -0.4 is 10.9 Å². The quantitative estimate of drug-likeness (QED) is 0.892. The van der Waals surface area contributed by atoms with Crippen LogP contribution in [0.3, 0.4) is 0 Å². The number of methoxy groups -OCH3 is 1. The van der Waals surface area contributed by atoms with E-state index in [0.717, 1.165) is 4.47 Å². The minimum absolute atomic E-state index is 0.172. The third-order valence-electron chi connectivity index (χ3n) is 2.69. The van der Waals surface area contributed by atoms with Gasteiger partial charge in [0, 0.05) is 23.3 Å². The second-order valence-corrected chi connectivity index (χ2v) is 5.15. The first-order valence-electron chi connectivity index (χ1n) is 6.24. The largest absolute Gasteiger partial charge is 0.383 e. The van der Waals surface area contributed by atoms with Gasteiger partial charge in [0.1, 0.15) is 5.69 Å². The van der Waals surface area contributed by atoms with Crippen molar-refractivity contribution in [2.24, 2.45) is 0 Å². The maximum absolute atomic E-state index is 12.1. The van der Waals surface area contributed by atoms with Crippen LogP contribution in [0.2, 0.25) is 0 Å². The monoisotopic (exact) mass is 351 g/mol. The molecule has 1 amide bonds. The van der Waals surface area contributed by atoms with Gasteiger partial charge in [-0.1, -0.05) is 22.0 Å². The van der Waals surface area contributed by atoms with Gasteiger partial charge in [0.15, 0.2) is 0 Å². The van der Waals surface area contributed by atoms with Crippen LogP contribution in [0, 0.1) is 0 Å². The van der Waals surface area contributed by atoms with Gasteiger partial charge < -0.3 is 10.1 Å². The van der Waals surface area contributed by atoms with Crippen molar-refractivity contribution in [1.82, 2.24) is 9.78 Å². The lowest BCUT2D eigenvalue weighted by Crippen LogP contribution is -2.27. The Labute approximate surface area is 129 Å². The first-order valence-corrected chi connectivity index (χ1v) is 7.03. The Kier molecular flexibility index (Phi) is 5.24. The number of rotatable bonds is 5. The van der Waals surface area contributed by atoms with Crippen LogP contribution in [0.4, 0.5) is 5.69 Å². The standard InChI is InChI=1S/C14H14BrN3O3/c1-21-8-7-18-13(19)6-5-12(17-18)14(20)16-11-4-2-3-10(15)9-11/h2-6,9H,7-8H2,1H3,(H,16,20). The summed E-state index contributed by atoms with van der Waals surface area (Å²) in [6, 6.07) is 9.94. The molecule has 1 heterocycles. The van der Waals surface area contributed by atoms with E-state index in [-0.39, 0.29) is 17.2 Å². The Hall–Kier alpha value is -1.99. The van der Waals surface area contributed by atoms with Crippen molar-refractivity contribution in [1.29, 1.82) is 0 Å². The zero-order valence-electron chi connectivity index (χ0n) is 11.4. The van der Waals surface area contributed by atoms with Crippen molar-refractivity contribution in [3.05, 3.63) is 56.9 Å². The van der Waals surface area contributed by atoms with Crippen molar-refractivity contribution in [2.75, 3.05) is 19.0 Å². The highest BCUT2D eigenvalue weighted by molar-refractivity contribution is 9.10. The Morgan fingerprint density at radius 3 is 2.90 bits per heavy atom. The highest BCUT2D eigenvalue weighted by Crippen LogP contribution is 2.16. The predicted molar refractivity (Wildman–Crippen MR) is 82.5 cm³/mol. The van der Waals surface area contributed by atoms with E-state index in [1.165, 1.54) is 23.9 Å². The zero-order valence-corrected chi connectivity index (χ0v) is 13.0. The van der Waals surface area contributed by atoms with Gasteiger partial charge in [0.25, 0.3) is 11.5 Å². The topological polar surface area (TPSA) is 73.2 Å². The summed E-state index contributed by atoms with van der Waals surface area (Å²) < 4.78 is 6.97. The van der Waals surface area contributed by atoms with Crippen LogP contribution in [0.15, 0.2) is 45.7 Å². The molecule has 0 aliphatic rings. The van der Waals surface area contributed by atoms with Crippen LogP contribution in [-0.2, 0) is 11.3 Å². The first-order chi connectivity index (χ1) is 10.1. The molecule has 0 aliphatic carbocycles. The normalized spacial score (nSPS) is 10.4. The molecular formula is C14H14BrN3O3. The van der Waals surface area contributed by atoms with Gasteiger partial charge in [-0.05, 0) is 24.3 Å². The molecule has 0 aliphatic heterocycles. The number of ether oxygens (including phenoxy) is 1. The first kappa shape index (κ1) is 15.4. The van der Waals surface area contributed by atoms with E-state index in [0.29, 0.717) is 18.8 Å². The highest BCUT2D eigenvalue weighted by Gasteiger charge is 2.10. The Balaban J connectivity index is 2.17. The van der Waals surface area contributed by atoms with Gasteiger partial charge in [-0.25, -0.2) is 4.68 Å². The molecule has 0 unspecified atom stereocenters. The lowest BCUT2D eigenvalue weighted by molar-refractivity contribution is 0.101. The molecule has 0 fully saturated rings. The Morgan fingerprint density at radius 1 is 1.38 bits per heavy atom. The summed E-state index contributed by atoms with van der Waals surface area (Å²) in [6.45, 7) is 0.650. The number of nitrogens with one attached hydrogen (secondary N) is 1. The number of amides is 1. The number of hydrogen-bond donors (Lipinski definition) is 1. The van der Waals surface area contributed by atoms with Gasteiger partial charge in [-0.2, -0.15) is 5.10 Å². The summed E-state index contributed by atoms with van der Waals surface area (Å²) in [5, 5.41) is 6.75. The van der Waals surface area contributed by atoms with Gasteiger partial charge in [0.05, 0.1) is 13.2 Å². The van der Waals surface area contributed by atoms with E-state index in [2.05, 4.69) is 26.3 Å².